The van der Waals surface area contributed by atoms with Gasteiger partial charge in [-0.05, 0) is 211 Å². The summed E-state index contributed by atoms with van der Waals surface area (Å²) in [5, 5.41) is 0. The van der Waals surface area contributed by atoms with Crippen molar-refractivity contribution in [2.75, 3.05) is 29.4 Å². The minimum absolute atomic E-state index is 0.153. The number of hydrogen-bond acceptors (Lipinski definition) is 6. The van der Waals surface area contributed by atoms with E-state index in [-0.39, 0.29) is 18.8 Å². The summed E-state index contributed by atoms with van der Waals surface area (Å²) in [6, 6.07) is 135. The zero-order valence-electron chi connectivity index (χ0n) is 57.4. The molecule has 0 radical (unpaired) electrons. The molecule has 6 nitrogen and oxygen atoms in total. The van der Waals surface area contributed by atoms with Crippen LogP contribution in [0.4, 0.5) is 102 Å². The maximum atomic E-state index is 2.70. The van der Waals surface area contributed by atoms with Gasteiger partial charge in [0, 0.05) is 85.3 Å². The summed E-state index contributed by atoms with van der Waals surface area (Å²) in [4.78, 5) is 15.4. The van der Waals surface area contributed by atoms with E-state index in [4.69, 9.17) is 0 Å². The van der Waals surface area contributed by atoms with Crippen molar-refractivity contribution in [1.29, 1.82) is 0 Å². The molecule has 1 aliphatic carbocycles. The zero-order valence-corrected chi connectivity index (χ0v) is 57.4. The summed E-state index contributed by atoms with van der Waals surface area (Å²) in [7, 11) is 0. The third kappa shape index (κ3) is 8.58. The van der Waals surface area contributed by atoms with Gasteiger partial charge in [-0.3, -0.25) is 0 Å². The molecule has 0 saturated carbocycles. The van der Waals surface area contributed by atoms with Crippen molar-refractivity contribution in [1.82, 2.24) is 0 Å². The van der Waals surface area contributed by atoms with Crippen LogP contribution in [0.1, 0.15) is 48.6 Å². The monoisotopic (exact) mass is 1310 g/mol. The van der Waals surface area contributed by atoms with Gasteiger partial charge in [0.2, 0.25) is 0 Å². The van der Waals surface area contributed by atoms with Crippen molar-refractivity contribution in [3.8, 4) is 11.1 Å². The molecule has 103 heavy (non-hydrogen) atoms. The Bertz CT molecular complexity index is 5830. The molecule has 0 atom stereocenters. The van der Waals surface area contributed by atoms with E-state index in [0.717, 1.165) is 85.3 Å². The molecular formula is C95H68B2N6. The maximum absolute atomic E-state index is 2.70. The highest BCUT2D eigenvalue weighted by atomic mass is 15.2. The summed E-state index contributed by atoms with van der Waals surface area (Å²) in [5.74, 6) is 0. The fourth-order valence-electron chi connectivity index (χ4n) is 18.4. The predicted molar refractivity (Wildman–Crippen MR) is 433 cm³/mol. The first-order valence-electron chi connectivity index (χ1n) is 36.1. The van der Waals surface area contributed by atoms with Crippen LogP contribution < -0.4 is 62.2 Å². The van der Waals surface area contributed by atoms with Gasteiger partial charge in [-0.1, -0.05) is 245 Å². The molecule has 0 N–H and O–H groups in total. The number of anilines is 18. The summed E-state index contributed by atoms with van der Waals surface area (Å²) in [5.41, 5.74) is 35.6. The first kappa shape index (κ1) is 59.1. The van der Waals surface area contributed by atoms with Crippen LogP contribution in [-0.2, 0) is 10.8 Å². The van der Waals surface area contributed by atoms with Crippen LogP contribution in [0.25, 0.3) is 11.1 Å². The average molecular weight is 1320 g/mol. The van der Waals surface area contributed by atoms with Crippen LogP contribution in [0.5, 0.6) is 0 Å². The summed E-state index contributed by atoms with van der Waals surface area (Å²) >= 11 is 0. The smallest absolute Gasteiger partial charge is 0.252 e. The number of nitrogens with zero attached hydrogens (tertiary/aromatic N) is 6. The van der Waals surface area contributed by atoms with Gasteiger partial charge >= 0.3 is 0 Å². The van der Waals surface area contributed by atoms with E-state index in [1.165, 1.54) is 88.8 Å². The SMILES string of the molecule is CC(C)(C)c1cc2c3c(c1)N(c1ccccc1)c1cc4c(cc1B3c1ccccc1N2c1ccccc1)C1(c2ccccc2-c2ccccc21)c1cc2c(cc1N4c1ccccc1)N(c1ccccc1)c1cc(N(c3ccccc3)c3ccccc3)cc3c1B2c1ccccc1N3c1ccccc1. The van der Waals surface area contributed by atoms with E-state index < -0.39 is 5.41 Å². The highest BCUT2D eigenvalue weighted by Gasteiger charge is 2.56. The second kappa shape index (κ2) is 22.6. The molecule has 0 amide bonds. The standard InChI is InChI=1S/C95H68B2N6/c1-94(2,3)63-55-88-92-89(56-63)102(69-43-21-9-22-44-69)86-61-84-76(59-80(86)96(92)78-51-29-31-53-82(78)99(88)66-37-15-6-16-38-66)95(74-49-27-25-47-72(74)73-48-26-28-50-75(73)95)77-60-81-87(62-85(77)101(84)68-41-19-8-20-42-68)103(70-45-23-10-24-46-70)91-58-71(98(64-33-11-4-12-34-64)65-35-13-5-14-36-65)57-90-93(91)97(81)79-52-30-32-54-83(79)100(90)67-39-17-7-18-40-67/h4-62H,1-3H3. The van der Waals surface area contributed by atoms with Crippen molar-refractivity contribution in [3.63, 3.8) is 0 Å². The summed E-state index contributed by atoms with van der Waals surface area (Å²) in [6.07, 6.45) is 0. The number of rotatable bonds is 8. The van der Waals surface area contributed by atoms with Crippen LogP contribution in [0.3, 0.4) is 0 Å². The van der Waals surface area contributed by atoms with Gasteiger partial charge in [0.05, 0.1) is 22.5 Å². The average Bonchev–Trinajstić information content (AvgIpc) is 1.66. The van der Waals surface area contributed by atoms with E-state index in [0.29, 0.717) is 0 Å². The van der Waals surface area contributed by atoms with Gasteiger partial charge in [0.25, 0.3) is 13.4 Å². The van der Waals surface area contributed by atoms with Crippen molar-refractivity contribution >= 4 is 149 Å². The van der Waals surface area contributed by atoms with E-state index in [2.05, 4.69) is 408 Å². The van der Waals surface area contributed by atoms with Gasteiger partial charge < -0.3 is 29.4 Å². The fraction of sp³-hybridized carbons (Fsp3) is 0.0526. The minimum atomic E-state index is -0.852. The first-order chi connectivity index (χ1) is 50.8. The number of para-hydroxylation sites is 9. The number of benzene rings is 15. The van der Waals surface area contributed by atoms with Crippen LogP contribution in [-0.4, -0.2) is 13.4 Å². The van der Waals surface area contributed by atoms with Crippen LogP contribution in [0.2, 0.25) is 0 Å². The van der Waals surface area contributed by atoms with Crippen LogP contribution in [0.15, 0.2) is 358 Å². The second-order valence-corrected chi connectivity index (χ2v) is 29.1. The van der Waals surface area contributed by atoms with E-state index in [1.807, 2.05) is 0 Å². The molecule has 0 unspecified atom stereocenters. The van der Waals surface area contributed by atoms with Gasteiger partial charge in [-0.15, -0.1) is 0 Å². The van der Waals surface area contributed by atoms with E-state index in [1.54, 1.807) is 0 Å². The maximum Gasteiger partial charge on any atom is 0.252 e. The van der Waals surface area contributed by atoms with Crippen LogP contribution >= 0.6 is 0 Å². The Morgan fingerprint density at radius 2 is 0.544 bits per heavy atom. The highest BCUT2D eigenvalue weighted by Crippen LogP contribution is 2.65. The minimum Gasteiger partial charge on any atom is -0.311 e. The molecule has 8 heteroatoms. The van der Waals surface area contributed by atoms with Gasteiger partial charge in [0.15, 0.2) is 0 Å². The molecule has 1 spiro atoms. The Morgan fingerprint density at radius 3 is 0.913 bits per heavy atom. The summed E-state index contributed by atoms with van der Waals surface area (Å²) in [6.45, 7) is 6.71. The quantitative estimate of drug-likeness (QED) is 0.140. The molecular weight excluding hydrogens is 1250 g/mol. The lowest BCUT2D eigenvalue weighted by Gasteiger charge is -2.50. The van der Waals surface area contributed by atoms with Gasteiger partial charge in [-0.25, -0.2) is 0 Å². The predicted octanol–water partition coefficient (Wildman–Crippen LogP) is 20.8. The lowest BCUT2D eigenvalue weighted by atomic mass is 9.32. The van der Waals surface area contributed by atoms with Crippen LogP contribution in [0, 0.1) is 0 Å². The van der Waals surface area contributed by atoms with Gasteiger partial charge in [0.1, 0.15) is 0 Å². The lowest BCUT2D eigenvalue weighted by Crippen LogP contribution is -2.62. The molecule has 15 aromatic rings. The van der Waals surface area contributed by atoms with Gasteiger partial charge in [-0.2, -0.15) is 0 Å². The molecule has 21 rings (SSSR count). The largest absolute Gasteiger partial charge is 0.311 e. The molecule has 5 heterocycles. The molecule has 0 saturated heterocycles. The zero-order chi connectivity index (χ0) is 68.2. The molecule has 15 aromatic carbocycles. The molecule has 6 aliphatic rings. The number of fused-ring (bicyclic) bond motifs is 17. The Labute approximate surface area is 602 Å². The Hall–Kier alpha value is -12.8. The normalized spacial score (nSPS) is 14.1. The fourth-order valence-corrected chi connectivity index (χ4v) is 18.4. The Morgan fingerprint density at radius 1 is 0.243 bits per heavy atom. The summed E-state index contributed by atoms with van der Waals surface area (Å²) < 4.78 is 0. The highest BCUT2D eigenvalue weighted by molar-refractivity contribution is 7.01. The lowest BCUT2D eigenvalue weighted by molar-refractivity contribution is 0.590. The topological polar surface area (TPSA) is 19.4 Å². The molecule has 5 aliphatic heterocycles. The third-order valence-corrected chi connectivity index (χ3v) is 22.6. The van der Waals surface area contributed by atoms with Crippen molar-refractivity contribution in [2.24, 2.45) is 0 Å². The second-order valence-electron chi connectivity index (χ2n) is 29.1. The number of hydrogen-bond donors (Lipinski definition) is 0. The first-order valence-corrected chi connectivity index (χ1v) is 36.1. The Kier molecular flexibility index (Phi) is 13.0. The molecule has 484 valence electrons. The van der Waals surface area contributed by atoms with Crippen molar-refractivity contribution in [2.45, 2.75) is 31.6 Å². The molecule has 0 fully saturated rings. The van der Waals surface area contributed by atoms with E-state index in [9.17, 15) is 0 Å². The van der Waals surface area contributed by atoms with Crippen molar-refractivity contribution in [3.05, 3.63) is 386 Å². The Balaban J connectivity index is 0.911. The third-order valence-electron chi connectivity index (χ3n) is 22.6. The van der Waals surface area contributed by atoms with Crippen molar-refractivity contribution < 1.29 is 0 Å². The van der Waals surface area contributed by atoms with E-state index >= 15 is 0 Å². The molecule has 0 bridgehead atoms. The molecule has 0 aromatic heterocycles.